The largest absolute Gasteiger partial charge is 0.0651 e. The molecule has 0 spiro atoms. The van der Waals surface area contributed by atoms with Crippen molar-refractivity contribution < 1.29 is 0 Å². The lowest BCUT2D eigenvalue weighted by atomic mass is 9.79. The van der Waals surface area contributed by atoms with Crippen LogP contribution in [0.4, 0.5) is 0 Å². The molecule has 0 bridgehead atoms. The average Bonchev–Trinajstić information content (AvgIpc) is 2.47. The molecule has 84 valence electrons. The summed E-state index contributed by atoms with van der Waals surface area (Å²) in [7, 11) is 0. The molecule has 1 saturated carbocycles. The zero-order valence-electron chi connectivity index (χ0n) is 10.7. The van der Waals surface area contributed by atoms with Gasteiger partial charge in [0.05, 0.1) is 0 Å². The lowest BCUT2D eigenvalue weighted by Gasteiger charge is -2.27. The van der Waals surface area contributed by atoms with Gasteiger partial charge in [0.15, 0.2) is 0 Å². The second kappa shape index (κ2) is 5.19. The van der Waals surface area contributed by atoms with E-state index in [2.05, 4.69) is 34.6 Å². The van der Waals surface area contributed by atoms with E-state index in [4.69, 9.17) is 0 Å². The van der Waals surface area contributed by atoms with Crippen molar-refractivity contribution in [3.8, 4) is 0 Å². The highest BCUT2D eigenvalue weighted by Gasteiger charge is 2.33. The third kappa shape index (κ3) is 2.74. The summed E-state index contributed by atoms with van der Waals surface area (Å²) in [6.07, 6.45) is 5.75. The fraction of sp³-hybridized carbons (Fsp3) is 1.00. The Morgan fingerprint density at radius 1 is 1.14 bits per heavy atom. The second-order valence-corrected chi connectivity index (χ2v) is 5.80. The van der Waals surface area contributed by atoms with Gasteiger partial charge in [-0.1, -0.05) is 47.5 Å². The van der Waals surface area contributed by atoms with Gasteiger partial charge >= 0.3 is 0 Å². The molecular weight excluding hydrogens is 168 g/mol. The molecule has 0 aromatic heterocycles. The van der Waals surface area contributed by atoms with E-state index in [1.165, 1.54) is 25.7 Å². The van der Waals surface area contributed by atoms with E-state index in [9.17, 15) is 0 Å². The minimum atomic E-state index is 0.924. The van der Waals surface area contributed by atoms with Gasteiger partial charge in [-0.2, -0.15) is 0 Å². The van der Waals surface area contributed by atoms with Gasteiger partial charge in [0.2, 0.25) is 0 Å². The Balaban J connectivity index is 2.41. The first-order valence-corrected chi connectivity index (χ1v) is 6.56. The molecule has 0 N–H and O–H groups in total. The predicted molar refractivity (Wildman–Crippen MR) is 64.3 cm³/mol. The lowest BCUT2D eigenvalue weighted by molar-refractivity contribution is 0.230. The Kier molecular flexibility index (Phi) is 4.47. The average molecular weight is 196 g/mol. The summed E-state index contributed by atoms with van der Waals surface area (Å²) in [5.74, 6) is 4.82. The maximum Gasteiger partial charge on any atom is -0.0360 e. The van der Waals surface area contributed by atoms with Gasteiger partial charge in [-0.15, -0.1) is 0 Å². The van der Waals surface area contributed by atoms with Crippen LogP contribution < -0.4 is 0 Å². The molecule has 5 atom stereocenters. The molecule has 1 rings (SSSR count). The van der Waals surface area contributed by atoms with E-state index < -0.39 is 0 Å². The summed E-state index contributed by atoms with van der Waals surface area (Å²) in [6.45, 7) is 12.1. The number of rotatable bonds is 4. The molecular formula is C14H28. The summed E-state index contributed by atoms with van der Waals surface area (Å²) in [5.41, 5.74) is 0. The molecule has 0 nitrogen and oxygen atoms in total. The van der Waals surface area contributed by atoms with Gasteiger partial charge in [0.25, 0.3) is 0 Å². The van der Waals surface area contributed by atoms with Crippen molar-refractivity contribution in [3.63, 3.8) is 0 Å². The van der Waals surface area contributed by atoms with Gasteiger partial charge in [0, 0.05) is 0 Å². The van der Waals surface area contributed by atoms with Crippen molar-refractivity contribution in [2.45, 2.75) is 60.3 Å². The summed E-state index contributed by atoms with van der Waals surface area (Å²) in [5, 5.41) is 0. The Bertz CT molecular complexity index is 161. The third-order valence-electron chi connectivity index (χ3n) is 4.73. The van der Waals surface area contributed by atoms with Gasteiger partial charge in [-0.3, -0.25) is 0 Å². The molecule has 0 heterocycles. The van der Waals surface area contributed by atoms with Crippen LogP contribution in [-0.4, -0.2) is 0 Å². The van der Waals surface area contributed by atoms with Crippen LogP contribution in [0, 0.1) is 29.6 Å². The van der Waals surface area contributed by atoms with E-state index in [0.717, 1.165) is 29.6 Å². The first kappa shape index (κ1) is 12.1. The topological polar surface area (TPSA) is 0 Å². The van der Waals surface area contributed by atoms with Gasteiger partial charge < -0.3 is 0 Å². The van der Waals surface area contributed by atoms with Crippen molar-refractivity contribution in [3.05, 3.63) is 0 Å². The molecule has 0 saturated heterocycles. The van der Waals surface area contributed by atoms with Crippen molar-refractivity contribution in [1.82, 2.24) is 0 Å². The summed E-state index contributed by atoms with van der Waals surface area (Å²) < 4.78 is 0. The minimum absolute atomic E-state index is 0.924. The Hall–Kier alpha value is 0. The van der Waals surface area contributed by atoms with Crippen LogP contribution in [-0.2, 0) is 0 Å². The monoisotopic (exact) mass is 196 g/mol. The molecule has 1 fully saturated rings. The van der Waals surface area contributed by atoms with Crippen LogP contribution in [0.2, 0.25) is 0 Å². The van der Waals surface area contributed by atoms with Crippen molar-refractivity contribution in [1.29, 1.82) is 0 Å². The maximum atomic E-state index is 2.48. The first-order valence-electron chi connectivity index (χ1n) is 6.56. The first-order chi connectivity index (χ1) is 6.56. The van der Waals surface area contributed by atoms with Crippen LogP contribution in [0.15, 0.2) is 0 Å². The van der Waals surface area contributed by atoms with Crippen LogP contribution in [0.1, 0.15) is 60.3 Å². The van der Waals surface area contributed by atoms with E-state index in [-0.39, 0.29) is 0 Å². The smallest absolute Gasteiger partial charge is 0.0360 e. The van der Waals surface area contributed by atoms with Crippen molar-refractivity contribution >= 4 is 0 Å². The molecule has 14 heavy (non-hydrogen) atoms. The van der Waals surface area contributed by atoms with E-state index >= 15 is 0 Å². The highest BCUT2D eigenvalue weighted by molar-refractivity contribution is 4.83. The Labute approximate surface area is 90.5 Å². The van der Waals surface area contributed by atoms with Crippen LogP contribution in [0.3, 0.4) is 0 Å². The summed E-state index contributed by atoms with van der Waals surface area (Å²) >= 11 is 0. The lowest BCUT2D eigenvalue weighted by Crippen LogP contribution is -2.18. The molecule has 0 aromatic rings. The standard InChI is InChI=1S/C14H28/c1-6-10(2)9-12(4)14-8-7-11(3)13(14)5/h10-14H,6-9H2,1-5H3. The molecule has 0 amide bonds. The fourth-order valence-electron chi connectivity index (χ4n) is 3.18. The molecule has 0 aliphatic heterocycles. The van der Waals surface area contributed by atoms with E-state index in [1.54, 1.807) is 0 Å². The number of hydrogen-bond acceptors (Lipinski definition) is 0. The SMILES string of the molecule is CCC(C)CC(C)C1CCC(C)C1C. The molecule has 1 aliphatic rings. The Morgan fingerprint density at radius 3 is 2.21 bits per heavy atom. The number of hydrogen-bond donors (Lipinski definition) is 0. The zero-order chi connectivity index (χ0) is 10.7. The molecule has 0 radical (unpaired) electrons. The van der Waals surface area contributed by atoms with Crippen LogP contribution in [0.25, 0.3) is 0 Å². The van der Waals surface area contributed by atoms with E-state index in [1.807, 2.05) is 0 Å². The maximum absolute atomic E-state index is 2.48. The minimum Gasteiger partial charge on any atom is -0.0651 e. The highest BCUT2D eigenvalue weighted by atomic mass is 14.4. The molecule has 0 heteroatoms. The predicted octanol–water partition coefficient (Wildman–Crippen LogP) is 4.74. The van der Waals surface area contributed by atoms with Gasteiger partial charge in [0.1, 0.15) is 0 Å². The van der Waals surface area contributed by atoms with Gasteiger partial charge in [-0.25, -0.2) is 0 Å². The van der Waals surface area contributed by atoms with E-state index in [0.29, 0.717) is 0 Å². The summed E-state index contributed by atoms with van der Waals surface area (Å²) in [6, 6.07) is 0. The van der Waals surface area contributed by atoms with Crippen LogP contribution in [0.5, 0.6) is 0 Å². The van der Waals surface area contributed by atoms with Crippen LogP contribution >= 0.6 is 0 Å². The normalized spacial score (nSPS) is 37.1. The highest BCUT2D eigenvalue weighted by Crippen LogP contribution is 2.42. The Morgan fingerprint density at radius 2 is 1.79 bits per heavy atom. The van der Waals surface area contributed by atoms with Crippen molar-refractivity contribution in [2.75, 3.05) is 0 Å². The van der Waals surface area contributed by atoms with Crippen molar-refractivity contribution in [2.24, 2.45) is 29.6 Å². The molecule has 0 aromatic carbocycles. The summed E-state index contributed by atoms with van der Waals surface area (Å²) in [4.78, 5) is 0. The zero-order valence-corrected chi connectivity index (χ0v) is 10.7. The molecule has 1 aliphatic carbocycles. The van der Waals surface area contributed by atoms with Gasteiger partial charge in [-0.05, 0) is 42.4 Å². The third-order valence-corrected chi connectivity index (χ3v) is 4.73. The quantitative estimate of drug-likeness (QED) is 0.609. The second-order valence-electron chi connectivity index (χ2n) is 5.80. The fourth-order valence-corrected chi connectivity index (χ4v) is 3.18. The molecule has 5 unspecified atom stereocenters.